The van der Waals surface area contributed by atoms with Crippen molar-refractivity contribution in [3.63, 3.8) is 0 Å². The van der Waals surface area contributed by atoms with E-state index in [9.17, 15) is 4.79 Å². The van der Waals surface area contributed by atoms with E-state index in [1.165, 1.54) is 7.11 Å². The highest BCUT2D eigenvalue weighted by Crippen LogP contribution is 2.29. The van der Waals surface area contributed by atoms with Gasteiger partial charge in [0.25, 0.3) is 5.56 Å². The van der Waals surface area contributed by atoms with Crippen molar-refractivity contribution in [2.24, 2.45) is 0 Å². The summed E-state index contributed by atoms with van der Waals surface area (Å²) in [6.07, 6.45) is 0. The maximum absolute atomic E-state index is 12.4. The van der Waals surface area contributed by atoms with E-state index in [1.807, 2.05) is 24.3 Å². The molecule has 0 saturated heterocycles. The Balaban J connectivity index is 1.85. The number of aromatic amines is 1. The summed E-state index contributed by atoms with van der Waals surface area (Å²) >= 11 is 6.05. The molecule has 0 aliphatic rings. The highest BCUT2D eigenvalue weighted by atomic mass is 35.5. The number of nitrogens with two attached hydrogens (primary N) is 1. The SMILES string of the molecule is COc1cc2nc(C[NH2+][C@@H](C)c3cccc(Cl)c3)[nH]c(=O)c2cc1OC. The molecular formula is C19H21ClN3O3+. The third-order valence-electron chi connectivity index (χ3n) is 4.30. The number of quaternary nitrogens is 1. The van der Waals surface area contributed by atoms with Gasteiger partial charge in [-0.25, -0.2) is 4.98 Å². The number of fused-ring (bicyclic) bond motifs is 1. The van der Waals surface area contributed by atoms with Crippen LogP contribution in [0.2, 0.25) is 5.02 Å². The van der Waals surface area contributed by atoms with Gasteiger partial charge in [-0.3, -0.25) is 4.79 Å². The number of nitrogens with zero attached hydrogens (tertiary/aromatic N) is 1. The first-order chi connectivity index (χ1) is 12.5. The molecule has 0 amide bonds. The number of methoxy groups -OCH3 is 2. The van der Waals surface area contributed by atoms with Crippen LogP contribution in [0.5, 0.6) is 11.5 Å². The van der Waals surface area contributed by atoms with Gasteiger partial charge in [0.1, 0.15) is 12.6 Å². The van der Waals surface area contributed by atoms with Crippen LogP contribution in [0.25, 0.3) is 10.9 Å². The fourth-order valence-electron chi connectivity index (χ4n) is 2.83. The molecular weight excluding hydrogens is 354 g/mol. The van der Waals surface area contributed by atoms with Crippen molar-refractivity contribution >= 4 is 22.5 Å². The van der Waals surface area contributed by atoms with E-state index < -0.39 is 0 Å². The molecule has 0 unspecified atom stereocenters. The molecule has 3 rings (SSSR count). The largest absolute Gasteiger partial charge is 0.493 e. The molecule has 0 bridgehead atoms. The van der Waals surface area contributed by atoms with Gasteiger partial charge in [-0.2, -0.15) is 0 Å². The molecule has 26 heavy (non-hydrogen) atoms. The van der Waals surface area contributed by atoms with Crippen LogP contribution in [0.15, 0.2) is 41.2 Å². The molecule has 1 atom stereocenters. The van der Waals surface area contributed by atoms with E-state index in [0.717, 1.165) is 5.56 Å². The minimum Gasteiger partial charge on any atom is -0.493 e. The van der Waals surface area contributed by atoms with Gasteiger partial charge >= 0.3 is 0 Å². The molecule has 1 heterocycles. The predicted molar refractivity (Wildman–Crippen MR) is 101 cm³/mol. The first kappa shape index (κ1) is 18.2. The maximum Gasteiger partial charge on any atom is 0.259 e. The standard InChI is InChI=1S/C19H20ClN3O3/c1-11(12-5-4-6-13(20)7-12)21-10-18-22-15-9-17(26-3)16(25-2)8-14(15)19(24)23-18/h4-9,11,21H,10H2,1-3H3,(H,22,23,24)/p+1/t11-/m0/s1. The van der Waals surface area contributed by atoms with Crippen molar-refractivity contribution in [1.82, 2.24) is 9.97 Å². The Bertz CT molecular complexity index is 987. The third-order valence-corrected chi connectivity index (χ3v) is 4.53. The first-order valence-electron chi connectivity index (χ1n) is 8.25. The zero-order valence-corrected chi connectivity index (χ0v) is 15.6. The molecule has 1 aromatic heterocycles. The van der Waals surface area contributed by atoms with Crippen LogP contribution in [0.1, 0.15) is 24.4 Å². The number of rotatable bonds is 6. The lowest BCUT2D eigenvalue weighted by Crippen LogP contribution is -2.83. The van der Waals surface area contributed by atoms with E-state index in [1.54, 1.807) is 19.2 Å². The van der Waals surface area contributed by atoms with Gasteiger partial charge in [0.15, 0.2) is 17.3 Å². The second-order valence-corrected chi connectivity index (χ2v) is 6.46. The predicted octanol–water partition coefficient (Wildman–Crippen LogP) is 2.42. The van der Waals surface area contributed by atoms with Crippen molar-refractivity contribution in [2.45, 2.75) is 19.5 Å². The summed E-state index contributed by atoms with van der Waals surface area (Å²) in [7, 11) is 3.09. The summed E-state index contributed by atoms with van der Waals surface area (Å²) in [6.45, 7) is 2.62. The highest BCUT2D eigenvalue weighted by Gasteiger charge is 2.13. The Labute approximate surface area is 156 Å². The van der Waals surface area contributed by atoms with E-state index in [-0.39, 0.29) is 11.6 Å². The molecule has 0 fully saturated rings. The summed E-state index contributed by atoms with van der Waals surface area (Å²) in [5, 5.41) is 3.27. The fourth-order valence-corrected chi connectivity index (χ4v) is 3.02. The Morgan fingerprint density at radius 2 is 1.92 bits per heavy atom. The van der Waals surface area contributed by atoms with Gasteiger partial charge in [0.05, 0.1) is 25.1 Å². The number of benzene rings is 2. The van der Waals surface area contributed by atoms with Crippen LogP contribution in [0.4, 0.5) is 0 Å². The van der Waals surface area contributed by atoms with Crippen LogP contribution in [0.3, 0.4) is 0 Å². The number of hydrogen-bond acceptors (Lipinski definition) is 4. The van der Waals surface area contributed by atoms with Gasteiger partial charge in [-0.15, -0.1) is 0 Å². The Morgan fingerprint density at radius 1 is 1.19 bits per heavy atom. The van der Waals surface area contributed by atoms with Gasteiger partial charge < -0.3 is 19.8 Å². The number of H-pyrrole nitrogens is 1. The average molecular weight is 375 g/mol. The van der Waals surface area contributed by atoms with E-state index >= 15 is 0 Å². The fraction of sp³-hybridized carbons (Fsp3) is 0.263. The van der Waals surface area contributed by atoms with Crippen LogP contribution >= 0.6 is 11.6 Å². The summed E-state index contributed by atoms with van der Waals surface area (Å²) in [4.78, 5) is 19.8. The molecule has 3 aromatic rings. The second-order valence-electron chi connectivity index (χ2n) is 6.02. The molecule has 0 spiro atoms. The van der Waals surface area contributed by atoms with Crippen molar-refractivity contribution < 1.29 is 14.8 Å². The van der Waals surface area contributed by atoms with E-state index in [0.29, 0.717) is 39.8 Å². The summed E-state index contributed by atoms with van der Waals surface area (Å²) in [5.74, 6) is 1.64. The van der Waals surface area contributed by atoms with Crippen molar-refractivity contribution in [2.75, 3.05) is 14.2 Å². The molecule has 6 nitrogen and oxygen atoms in total. The number of nitrogens with one attached hydrogen (secondary N) is 1. The second kappa shape index (κ2) is 7.76. The zero-order chi connectivity index (χ0) is 18.7. The molecule has 0 aliphatic carbocycles. The number of halogens is 1. The van der Waals surface area contributed by atoms with Gasteiger partial charge in [0.2, 0.25) is 0 Å². The zero-order valence-electron chi connectivity index (χ0n) is 14.9. The lowest BCUT2D eigenvalue weighted by molar-refractivity contribution is -0.708. The van der Waals surface area contributed by atoms with Gasteiger partial charge in [-0.05, 0) is 25.1 Å². The van der Waals surface area contributed by atoms with Crippen molar-refractivity contribution in [3.05, 3.63) is 63.2 Å². The lowest BCUT2D eigenvalue weighted by Gasteiger charge is -2.12. The Kier molecular flexibility index (Phi) is 5.44. The summed E-state index contributed by atoms with van der Waals surface area (Å²) in [6, 6.07) is 11.3. The number of aromatic nitrogens is 2. The molecule has 7 heteroatoms. The first-order valence-corrected chi connectivity index (χ1v) is 8.63. The van der Waals surface area contributed by atoms with Gasteiger partial charge in [0, 0.05) is 16.7 Å². The highest BCUT2D eigenvalue weighted by molar-refractivity contribution is 6.30. The molecule has 136 valence electrons. The maximum atomic E-state index is 12.4. The molecule has 2 aromatic carbocycles. The van der Waals surface area contributed by atoms with Crippen molar-refractivity contribution in [1.29, 1.82) is 0 Å². The molecule has 0 aliphatic heterocycles. The van der Waals surface area contributed by atoms with Crippen LogP contribution < -0.4 is 20.3 Å². The molecule has 0 saturated carbocycles. The Morgan fingerprint density at radius 3 is 2.62 bits per heavy atom. The lowest BCUT2D eigenvalue weighted by atomic mass is 10.1. The normalized spacial score (nSPS) is 12.2. The number of hydrogen-bond donors (Lipinski definition) is 2. The van der Waals surface area contributed by atoms with E-state index in [4.69, 9.17) is 21.1 Å². The summed E-state index contributed by atoms with van der Waals surface area (Å²) in [5.41, 5.74) is 1.49. The van der Waals surface area contributed by atoms with Gasteiger partial charge in [-0.1, -0.05) is 23.7 Å². The Hall–Kier alpha value is -2.57. The topological polar surface area (TPSA) is 80.8 Å². The van der Waals surface area contributed by atoms with Crippen LogP contribution in [0, 0.1) is 0 Å². The van der Waals surface area contributed by atoms with Crippen LogP contribution in [-0.4, -0.2) is 24.2 Å². The average Bonchev–Trinajstić information content (AvgIpc) is 2.65. The number of ether oxygens (including phenoxy) is 2. The molecule has 3 N–H and O–H groups in total. The van der Waals surface area contributed by atoms with Crippen LogP contribution in [-0.2, 0) is 6.54 Å². The minimum atomic E-state index is -0.199. The minimum absolute atomic E-state index is 0.181. The van der Waals surface area contributed by atoms with E-state index in [2.05, 4.69) is 22.2 Å². The monoisotopic (exact) mass is 374 g/mol. The summed E-state index contributed by atoms with van der Waals surface area (Å²) < 4.78 is 10.5. The smallest absolute Gasteiger partial charge is 0.259 e. The molecule has 0 radical (unpaired) electrons. The van der Waals surface area contributed by atoms with Crippen molar-refractivity contribution in [3.8, 4) is 11.5 Å². The third kappa shape index (κ3) is 3.81. The quantitative estimate of drug-likeness (QED) is 0.694.